The Labute approximate surface area is 133 Å². The average molecular weight is 299 g/mol. The van der Waals surface area contributed by atoms with Crippen LogP contribution in [0.4, 0.5) is 0 Å². The van der Waals surface area contributed by atoms with Crippen molar-refractivity contribution in [3.8, 4) is 0 Å². The summed E-state index contributed by atoms with van der Waals surface area (Å²) in [6, 6.07) is 9.42. The molecule has 0 aliphatic carbocycles. The van der Waals surface area contributed by atoms with Gasteiger partial charge >= 0.3 is 5.97 Å². The fourth-order valence-corrected chi connectivity index (χ4v) is 2.51. The summed E-state index contributed by atoms with van der Waals surface area (Å²) in [5, 5.41) is 0. The first-order valence-electron chi connectivity index (χ1n) is 7.49. The third-order valence-corrected chi connectivity index (χ3v) is 3.43. The quantitative estimate of drug-likeness (QED) is 0.489. The van der Waals surface area contributed by atoms with Crippen LogP contribution in [0.5, 0.6) is 0 Å². The first kappa shape index (κ1) is 17.9. The molecule has 1 rings (SSSR count). The van der Waals surface area contributed by atoms with Crippen LogP contribution in [0.3, 0.4) is 0 Å². The van der Waals surface area contributed by atoms with E-state index in [0.29, 0.717) is 19.7 Å². The number of hydrogen-bond acceptors (Lipinski definition) is 3. The molecule has 3 heteroatoms. The second-order valence-corrected chi connectivity index (χ2v) is 4.90. The van der Waals surface area contributed by atoms with E-state index in [0.717, 1.165) is 5.56 Å². The highest BCUT2D eigenvalue weighted by Gasteiger charge is 2.33. The summed E-state index contributed by atoms with van der Waals surface area (Å²) in [6.07, 6.45) is 5.36. The van der Waals surface area contributed by atoms with Gasteiger partial charge in [-0.25, -0.2) is 0 Å². The smallest absolute Gasteiger partial charge is 0.324 e. The fraction of sp³-hybridized carbons (Fsp3) is 0.316. The van der Waals surface area contributed by atoms with Crippen LogP contribution in [0.15, 0.2) is 68.3 Å². The van der Waals surface area contributed by atoms with E-state index in [2.05, 4.69) is 19.7 Å². The molecular formula is C19H25NO2. The molecule has 0 heterocycles. The number of hydrogen-bond donors (Lipinski definition) is 0. The standard InChI is InChI=1S/C19H25NO2/c1-5-14-20(15-6-2)18(19(21)22-8-4)17(7-3)16-12-10-9-11-13-16/h5-7,9-13,17-18H,1-3,8,14-15H2,4H3/t17-,18-/m0/s1. The predicted molar refractivity (Wildman–Crippen MR) is 91.8 cm³/mol. The van der Waals surface area contributed by atoms with Crippen molar-refractivity contribution < 1.29 is 9.53 Å². The number of rotatable bonds is 10. The van der Waals surface area contributed by atoms with Crippen molar-refractivity contribution in [1.82, 2.24) is 4.90 Å². The number of carbonyl (C=O) groups is 1. The minimum absolute atomic E-state index is 0.153. The number of ether oxygens (including phenoxy) is 1. The van der Waals surface area contributed by atoms with Gasteiger partial charge in [0, 0.05) is 19.0 Å². The lowest BCUT2D eigenvalue weighted by Gasteiger charge is -2.33. The lowest BCUT2D eigenvalue weighted by molar-refractivity contribution is -0.149. The van der Waals surface area contributed by atoms with Gasteiger partial charge in [0.15, 0.2) is 0 Å². The molecule has 0 unspecified atom stereocenters. The molecule has 0 aliphatic heterocycles. The van der Waals surface area contributed by atoms with Crippen molar-refractivity contribution in [3.63, 3.8) is 0 Å². The van der Waals surface area contributed by atoms with Crippen LogP contribution in [0.1, 0.15) is 18.4 Å². The molecule has 118 valence electrons. The van der Waals surface area contributed by atoms with Gasteiger partial charge in [-0.15, -0.1) is 19.7 Å². The highest BCUT2D eigenvalue weighted by Crippen LogP contribution is 2.26. The van der Waals surface area contributed by atoms with E-state index >= 15 is 0 Å². The molecule has 2 atom stereocenters. The van der Waals surface area contributed by atoms with Gasteiger partial charge in [0.25, 0.3) is 0 Å². The molecule has 0 radical (unpaired) electrons. The topological polar surface area (TPSA) is 29.5 Å². The molecule has 0 bridgehead atoms. The lowest BCUT2D eigenvalue weighted by atomic mass is 9.90. The summed E-state index contributed by atoms with van der Waals surface area (Å²) >= 11 is 0. The zero-order chi connectivity index (χ0) is 16.4. The van der Waals surface area contributed by atoms with E-state index < -0.39 is 6.04 Å². The summed E-state index contributed by atoms with van der Waals surface area (Å²) < 4.78 is 5.28. The van der Waals surface area contributed by atoms with Gasteiger partial charge < -0.3 is 4.74 Å². The largest absolute Gasteiger partial charge is 0.465 e. The highest BCUT2D eigenvalue weighted by molar-refractivity contribution is 5.77. The van der Waals surface area contributed by atoms with E-state index in [4.69, 9.17) is 4.74 Å². The molecule has 22 heavy (non-hydrogen) atoms. The molecular weight excluding hydrogens is 274 g/mol. The normalized spacial score (nSPS) is 13.2. The molecule has 0 aliphatic rings. The summed E-state index contributed by atoms with van der Waals surface area (Å²) in [5.74, 6) is -0.403. The maximum absolute atomic E-state index is 12.5. The van der Waals surface area contributed by atoms with Gasteiger partial charge in [-0.3, -0.25) is 9.69 Å². The lowest BCUT2D eigenvalue weighted by Crippen LogP contribution is -2.46. The van der Waals surface area contributed by atoms with Crippen LogP contribution >= 0.6 is 0 Å². The van der Waals surface area contributed by atoms with Gasteiger partial charge in [0.1, 0.15) is 6.04 Å². The van der Waals surface area contributed by atoms with Crippen molar-refractivity contribution in [3.05, 3.63) is 73.9 Å². The van der Waals surface area contributed by atoms with Gasteiger partial charge in [-0.2, -0.15) is 0 Å². The number of nitrogens with zero attached hydrogens (tertiary/aromatic N) is 1. The Bertz CT molecular complexity index is 485. The second kappa shape index (κ2) is 9.74. The molecule has 0 fully saturated rings. The van der Waals surface area contributed by atoms with Gasteiger partial charge in [-0.05, 0) is 12.5 Å². The maximum Gasteiger partial charge on any atom is 0.324 e. The maximum atomic E-state index is 12.5. The van der Waals surface area contributed by atoms with Gasteiger partial charge in [0.05, 0.1) is 6.61 Å². The summed E-state index contributed by atoms with van der Waals surface area (Å²) in [4.78, 5) is 14.5. The van der Waals surface area contributed by atoms with Crippen molar-refractivity contribution in [1.29, 1.82) is 0 Å². The Balaban J connectivity index is 3.20. The molecule has 0 N–H and O–H groups in total. The molecule has 0 saturated carbocycles. The molecule has 1 aromatic carbocycles. The third-order valence-electron chi connectivity index (χ3n) is 3.43. The third kappa shape index (κ3) is 4.71. The zero-order valence-corrected chi connectivity index (χ0v) is 13.3. The molecule has 0 spiro atoms. The van der Waals surface area contributed by atoms with Crippen molar-refractivity contribution in [2.75, 3.05) is 19.7 Å². The minimum Gasteiger partial charge on any atom is -0.465 e. The Hall–Kier alpha value is -2.13. The zero-order valence-electron chi connectivity index (χ0n) is 13.3. The Kier molecular flexibility index (Phi) is 7.94. The average Bonchev–Trinajstić information content (AvgIpc) is 2.53. The second-order valence-electron chi connectivity index (χ2n) is 4.90. The first-order valence-corrected chi connectivity index (χ1v) is 7.49. The minimum atomic E-state index is -0.448. The van der Waals surface area contributed by atoms with Crippen molar-refractivity contribution in [2.24, 2.45) is 0 Å². The summed E-state index contributed by atoms with van der Waals surface area (Å²) in [7, 11) is 0. The van der Waals surface area contributed by atoms with Gasteiger partial charge in [0.2, 0.25) is 0 Å². The highest BCUT2D eigenvalue weighted by atomic mass is 16.5. The summed E-state index contributed by atoms with van der Waals surface area (Å²) in [5.41, 5.74) is 1.04. The molecule has 3 nitrogen and oxygen atoms in total. The monoisotopic (exact) mass is 299 g/mol. The summed E-state index contributed by atoms with van der Waals surface area (Å²) in [6.45, 7) is 14.8. The van der Waals surface area contributed by atoms with Crippen molar-refractivity contribution >= 4 is 5.97 Å². The van der Waals surface area contributed by atoms with Crippen LogP contribution in [0.2, 0.25) is 0 Å². The Morgan fingerprint density at radius 1 is 1.18 bits per heavy atom. The fourth-order valence-electron chi connectivity index (χ4n) is 2.51. The van der Waals surface area contributed by atoms with Crippen LogP contribution in [0, 0.1) is 0 Å². The predicted octanol–water partition coefficient (Wildman–Crippen LogP) is 3.56. The molecule has 0 aromatic heterocycles. The van der Waals surface area contributed by atoms with Crippen molar-refractivity contribution in [2.45, 2.75) is 18.9 Å². The van der Waals surface area contributed by atoms with Crippen LogP contribution in [-0.4, -0.2) is 36.6 Å². The SMILES string of the molecule is C=CCN(CC=C)[C@H](C(=O)OCC)[C@@H](C=C)c1ccccc1. The number of esters is 1. The van der Waals surface area contributed by atoms with E-state index in [1.807, 2.05) is 42.2 Å². The van der Waals surface area contributed by atoms with Gasteiger partial charge in [-0.1, -0.05) is 48.6 Å². The van der Waals surface area contributed by atoms with Crippen LogP contribution in [0.25, 0.3) is 0 Å². The van der Waals surface area contributed by atoms with E-state index in [9.17, 15) is 4.79 Å². The van der Waals surface area contributed by atoms with E-state index in [1.54, 1.807) is 18.2 Å². The Morgan fingerprint density at radius 3 is 2.23 bits per heavy atom. The molecule has 0 saturated heterocycles. The van der Waals surface area contributed by atoms with E-state index in [-0.39, 0.29) is 11.9 Å². The number of benzene rings is 1. The van der Waals surface area contributed by atoms with E-state index in [1.165, 1.54) is 0 Å². The van der Waals surface area contributed by atoms with Crippen LogP contribution < -0.4 is 0 Å². The Morgan fingerprint density at radius 2 is 1.77 bits per heavy atom. The van der Waals surface area contributed by atoms with Crippen LogP contribution in [-0.2, 0) is 9.53 Å². The molecule has 0 amide bonds. The first-order chi connectivity index (χ1) is 10.7. The number of carbonyl (C=O) groups excluding carboxylic acids is 1. The molecule has 1 aromatic rings.